The fourth-order valence-corrected chi connectivity index (χ4v) is 1.63. The van der Waals surface area contributed by atoms with Gasteiger partial charge in [0, 0.05) is 11.6 Å². The molecule has 0 aliphatic carbocycles. The number of rotatable bonds is 2. The summed E-state index contributed by atoms with van der Waals surface area (Å²) in [6, 6.07) is 10.1. The predicted molar refractivity (Wildman–Crippen MR) is 66.4 cm³/mol. The van der Waals surface area contributed by atoms with Crippen LogP contribution in [-0.4, -0.2) is 15.9 Å². The highest BCUT2D eigenvalue weighted by atomic mass is 35.5. The maximum absolute atomic E-state index is 11.8. The standard InChI is InChI=1S/C11H7Cl2N3O/c12-8-6-9(13)15-11(14-8)16-10(17)7-4-2-1-3-5-7/h1-6H,(H,14,15,16,17). The summed E-state index contributed by atoms with van der Waals surface area (Å²) in [5.74, 6) is -0.236. The molecule has 1 N–H and O–H groups in total. The molecule has 1 aromatic heterocycles. The molecule has 1 aromatic carbocycles. The average Bonchev–Trinajstić information content (AvgIpc) is 2.28. The van der Waals surface area contributed by atoms with Gasteiger partial charge in [0.25, 0.3) is 5.91 Å². The number of hydrogen-bond acceptors (Lipinski definition) is 3. The lowest BCUT2D eigenvalue weighted by atomic mass is 10.2. The Bertz CT molecular complexity index is 525. The van der Waals surface area contributed by atoms with Crippen molar-refractivity contribution < 1.29 is 4.79 Å². The number of nitrogens with one attached hydrogen (secondary N) is 1. The van der Waals surface area contributed by atoms with Crippen LogP contribution in [0.2, 0.25) is 10.3 Å². The molecule has 0 saturated heterocycles. The van der Waals surface area contributed by atoms with Crippen molar-refractivity contribution in [3.05, 3.63) is 52.3 Å². The zero-order valence-electron chi connectivity index (χ0n) is 8.52. The Labute approximate surface area is 108 Å². The van der Waals surface area contributed by atoms with Gasteiger partial charge in [-0.15, -0.1) is 0 Å². The van der Waals surface area contributed by atoms with Crippen LogP contribution in [0.1, 0.15) is 10.4 Å². The maximum atomic E-state index is 11.8. The molecule has 0 bridgehead atoms. The monoisotopic (exact) mass is 267 g/mol. The quantitative estimate of drug-likeness (QED) is 0.851. The largest absolute Gasteiger partial charge is 0.290 e. The SMILES string of the molecule is O=C(Nc1nc(Cl)cc(Cl)n1)c1ccccc1. The second-order valence-corrected chi connectivity index (χ2v) is 3.93. The molecule has 1 heterocycles. The second-order valence-electron chi connectivity index (χ2n) is 3.16. The highest BCUT2D eigenvalue weighted by Crippen LogP contribution is 2.14. The van der Waals surface area contributed by atoms with Gasteiger partial charge < -0.3 is 0 Å². The van der Waals surface area contributed by atoms with E-state index >= 15 is 0 Å². The molecule has 2 aromatic rings. The molecular weight excluding hydrogens is 261 g/mol. The molecule has 1 amide bonds. The predicted octanol–water partition coefficient (Wildman–Crippen LogP) is 3.04. The van der Waals surface area contributed by atoms with Gasteiger partial charge >= 0.3 is 0 Å². The average molecular weight is 268 g/mol. The van der Waals surface area contributed by atoms with Crippen LogP contribution in [0.5, 0.6) is 0 Å². The molecule has 86 valence electrons. The molecule has 0 spiro atoms. The Balaban J connectivity index is 2.19. The van der Waals surface area contributed by atoms with Gasteiger partial charge in [0.1, 0.15) is 10.3 Å². The van der Waals surface area contributed by atoms with Crippen molar-refractivity contribution in [2.75, 3.05) is 5.32 Å². The van der Waals surface area contributed by atoms with Crippen molar-refractivity contribution in [3.63, 3.8) is 0 Å². The van der Waals surface area contributed by atoms with E-state index < -0.39 is 0 Å². The number of aromatic nitrogens is 2. The van der Waals surface area contributed by atoms with Crippen molar-refractivity contribution in [1.29, 1.82) is 0 Å². The number of nitrogens with zero attached hydrogens (tertiary/aromatic N) is 2. The first-order valence-electron chi connectivity index (χ1n) is 4.71. The number of carbonyl (C=O) groups is 1. The van der Waals surface area contributed by atoms with E-state index in [9.17, 15) is 4.79 Å². The van der Waals surface area contributed by atoms with Crippen molar-refractivity contribution >= 4 is 35.1 Å². The summed E-state index contributed by atoms with van der Waals surface area (Å²) < 4.78 is 0. The Morgan fingerprint density at radius 1 is 1.06 bits per heavy atom. The van der Waals surface area contributed by atoms with E-state index in [-0.39, 0.29) is 22.2 Å². The number of halogens is 2. The molecule has 0 radical (unpaired) electrons. The Morgan fingerprint density at radius 2 is 1.65 bits per heavy atom. The van der Waals surface area contributed by atoms with Crippen LogP contribution < -0.4 is 5.32 Å². The highest BCUT2D eigenvalue weighted by Gasteiger charge is 2.08. The number of anilines is 1. The van der Waals surface area contributed by atoms with E-state index in [1.807, 2.05) is 6.07 Å². The summed E-state index contributed by atoms with van der Waals surface area (Å²) in [6.45, 7) is 0. The first-order valence-corrected chi connectivity index (χ1v) is 5.47. The van der Waals surface area contributed by atoms with E-state index in [0.29, 0.717) is 5.56 Å². The van der Waals surface area contributed by atoms with Gasteiger partial charge in [0.2, 0.25) is 5.95 Å². The van der Waals surface area contributed by atoms with Crippen LogP contribution >= 0.6 is 23.2 Å². The van der Waals surface area contributed by atoms with Crippen molar-refractivity contribution in [2.24, 2.45) is 0 Å². The van der Waals surface area contributed by atoms with Gasteiger partial charge in [-0.05, 0) is 12.1 Å². The third-order valence-electron chi connectivity index (χ3n) is 1.92. The minimum atomic E-state index is -0.316. The number of hydrogen-bond donors (Lipinski definition) is 1. The first kappa shape index (κ1) is 11.8. The maximum Gasteiger partial charge on any atom is 0.258 e. The van der Waals surface area contributed by atoms with Crippen LogP contribution in [0.15, 0.2) is 36.4 Å². The Kier molecular flexibility index (Phi) is 3.56. The van der Waals surface area contributed by atoms with Gasteiger partial charge in [0.05, 0.1) is 0 Å². The van der Waals surface area contributed by atoms with Crippen molar-refractivity contribution in [3.8, 4) is 0 Å². The van der Waals surface area contributed by atoms with E-state index in [1.165, 1.54) is 6.07 Å². The van der Waals surface area contributed by atoms with Gasteiger partial charge in [-0.25, -0.2) is 9.97 Å². The van der Waals surface area contributed by atoms with Crippen LogP contribution in [0.4, 0.5) is 5.95 Å². The van der Waals surface area contributed by atoms with Crippen LogP contribution in [0.25, 0.3) is 0 Å². The molecular formula is C11H7Cl2N3O. The lowest BCUT2D eigenvalue weighted by Crippen LogP contribution is -2.14. The van der Waals surface area contributed by atoms with Crippen LogP contribution in [0.3, 0.4) is 0 Å². The zero-order chi connectivity index (χ0) is 12.3. The summed E-state index contributed by atoms with van der Waals surface area (Å²) in [5.41, 5.74) is 0.507. The Morgan fingerprint density at radius 3 is 2.24 bits per heavy atom. The molecule has 0 atom stereocenters. The summed E-state index contributed by atoms with van der Waals surface area (Å²) in [5, 5.41) is 2.86. The number of benzene rings is 1. The molecule has 17 heavy (non-hydrogen) atoms. The van der Waals surface area contributed by atoms with Gasteiger partial charge in [-0.3, -0.25) is 10.1 Å². The fraction of sp³-hybridized carbons (Fsp3) is 0. The smallest absolute Gasteiger partial charge is 0.258 e. The minimum Gasteiger partial charge on any atom is -0.290 e. The van der Waals surface area contributed by atoms with Crippen LogP contribution in [0, 0.1) is 0 Å². The molecule has 6 heteroatoms. The fourth-order valence-electron chi connectivity index (χ4n) is 1.21. The third kappa shape index (κ3) is 3.15. The molecule has 2 rings (SSSR count). The summed E-state index contributed by atoms with van der Waals surface area (Å²) in [6.07, 6.45) is 0. The third-order valence-corrected chi connectivity index (χ3v) is 2.31. The second kappa shape index (κ2) is 5.12. The summed E-state index contributed by atoms with van der Waals surface area (Å²) in [7, 11) is 0. The number of carbonyl (C=O) groups excluding carboxylic acids is 1. The lowest BCUT2D eigenvalue weighted by molar-refractivity contribution is 0.102. The molecule has 0 fully saturated rings. The normalized spacial score (nSPS) is 10.0. The van der Waals surface area contributed by atoms with E-state index in [1.54, 1.807) is 24.3 Å². The summed E-state index contributed by atoms with van der Waals surface area (Å²) in [4.78, 5) is 19.4. The first-order chi connectivity index (χ1) is 8.15. The van der Waals surface area contributed by atoms with E-state index in [0.717, 1.165) is 0 Å². The molecule has 0 aliphatic rings. The molecule has 0 unspecified atom stereocenters. The van der Waals surface area contributed by atoms with Gasteiger partial charge in [-0.2, -0.15) is 0 Å². The molecule has 0 saturated carbocycles. The molecule has 4 nitrogen and oxygen atoms in total. The van der Waals surface area contributed by atoms with E-state index in [2.05, 4.69) is 15.3 Å². The minimum absolute atomic E-state index is 0.0800. The zero-order valence-corrected chi connectivity index (χ0v) is 10.0. The lowest BCUT2D eigenvalue weighted by Gasteiger charge is -2.03. The Hall–Kier alpha value is -1.65. The molecule has 0 aliphatic heterocycles. The van der Waals surface area contributed by atoms with Gasteiger partial charge in [0.15, 0.2) is 0 Å². The van der Waals surface area contributed by atoms with Gasteiger partial charge in [-0.1, -0.05) is 41.4 Å². The van der Waals surface area contributed by atoms with Crippen molar-refractivity contribution in [1.82, 2.24) is 9.97 Å². The van der Waals surface area contributed by atoms with Crippen LogP contribution in [-0.2, 0) is 0 Å². The highest BCUT2D eigenvalue weighted by molar-refractivity contribution is 6.33. The van der Waals surface area contributed by atoms with Crippen molar-refractivity contribution in [2.45, 2.75) is 0 Å². The topological polar surface area (TPSA) is 54.9 Å². The van der Waals surface area contributed by atoms with E-state index in [4.69, 9.17) is 23.2 Å². The number of amides is 1. The summed E-state index contributed by atoms with van der Waals surface area (Å²) >= 11 is 11.4.